The summed E-state index contributed by atoms with van der Waals surface area (Å²) in [5.41, 5.74) is 8.08. The van der Waals surface area contributed by atoms with Gasteiger partial charge in [-0.25, -0.2) is 0 Å². The molecule has 1 heterocycles. The lowest BCUT2D eigenvalue weighted by Crippen LogP contribution is -2.04. The first-order chi connectivity index (χ1) is 8.27. The van der Waals surface area contributed by atoms with Crippen molar-refractivity contribution in [1.29, 1.82) is 0 Å². The fourth-order valence-electron chi connectivity index (χ4n) is 2.96. The third-order valence-corrected chi connectivity index (χ3v) is 3.79. The van der Waals surface area contributed by atoms with Crippen LogP contribution >= 0.6 is 0 Å². The summed E-state index contributed by atoms with van der Waals surface area (Å²) in [5.74, 6) is 0. The Hall–Kier alpha value is -1.57. The summed E-state index contributed by atoms with van der Waals surface area (Å²) in [6.07, 6.45) is 5.11. The van der Waals surface area contributed by atoms with Crippen LogP contribution in [0.25, 0.3) is 11.1 Å². The standard InChI is InChI=1S/C15H18N2/c1-10-15(11(2)17-16-10)14-9-5-7-12-6-3-4-8-13(12)14/h5,7,9H,3-4,6,8H2,1-2H3,(H,16,17). The summed E-state index contributed by atoms with van der Waals surface area (Å²) in [7, 11) is 0. The quantitative estimate of drug-likeness (QED) is 0.791. The fourth-order valence-corrected chi connectivity index (χ4v) is 2.96. The van der Waals surface area contributed by atoms with E-state index in [4.69, 9.17) is 0 Å². The molecule has 3 rings (SSSR count). The van der Waals surface area contributed by atoms with Gasteiger partial charge in [-0.1, -0.05) is 18.2 Å². The highest BCUT2D eigenvalue weighted by atomic mass is 15.1. The number of benzene rings is 1. The van der Waals surface area contributed by atoms with Gasteiger partial charge in [-0.3, -0.25) is 5.10 Å². The third-order valence-electron chi connectivity index (χ3n) is 3.79. The van der Waals surface area contributed by atoms with E-state index in [0.717, 1.165) is 5.69 Å². The number of hydrogen-bond donors (Lipinski definition) is 1. The maximum absolute atomic E-state index is 4.32. The summed E-state index contributed by atoms with van der Waals surface area (Å²) in [6, 6.07) is 6.71. The molecule has 0 amide bonds. The molecule has 1 aliphatic carbocycles. The van der Waals surface area contributed by atoms with Crippen molar-refractivity contribution in [2.75, 3.05) is 0 Å². The van der Waals surface area contributed by atoms with Crippen LogP contribution in [0.4, 0.5) is 0 Å². The highest BCUT2D eigenvalue weighted by Gasteiger charge is 2.17. The van der Waals surface area contributed by atoms with E-state index in [1.807, 2.05) is 0 Å². The Morgan fingerprint density at radius 1 is 1.12 bits per heavy atom. The molecule has 1 aromatic heterocycles. The molecule has 0 fully saturated rings. The maximum atomic E-state index is 4.32. The van der Waals surface area contributed by atoms with Crippen LogP contribution in [0.2, 0.25) is 0 Å². The Morgan fingerprint density at radius 2 is 1.94 bits per heavy atom. The van der Waals surface area contributed by atoms with Crippen LogP contribution < -0.4 is 0 Å². The Morgan fingerprint density at radius 3 is 2.71 bits per heavy atom. The van der Waals surface area contributed by atoms with Crippen molar-refractivity contribution in [1.82, 2.24) is 10.2 Å². The molecular formula is C15H18N2. The van der Waals surface area contributed by atoms with Crippen molar-refractivity contribution in [3.05, 3.63) is 40.7 Å². The molecule has 0 saturated heterocycles. The predicted octanol–water partition coefficient (Wildman–Crippen LogP) is 3.57. The first-order valence-electron chi connectivity index (χ1n) is 6.40. The van der Waals surface area contributed by atoms with Crippen molar-refractivity contribution in [2.45, 2.75) is 39.5 Å². The van der Waals surface area contributed by atoms with E-state index < -0.39 is 0 Å². The van der Waals surface area contributed by atoms with Crippen LogP contribution in [0.15, 0.2) is 18.2 Å². The zero-order valence-electron chi connectivity index (χ0n) is 10.5. The molecule has 0 radical (unpaired) electrons. The number of H-pyrrole nitrogens is 1. The molecule has 0 atom stereocenters. The van der Waals surface area contributed by atoms with Gasteiger partial charge in [0.05, 0.1) is 5.69 Å². The van der Waals surface area contributed by atoms with Gasteiger partial charge in [0.2, 0.25) is 0 Å². The highest BCUT2D eigenvalue weighted by Crippen LogP contribution is 2.34. The third kappa shape index (κ3) is 1.68. The van der Waals surface area contributed by atoms with Crippen molar-refractivity contribution >= 4 is 0 Å². The number of aromatic nitrogens is 2. The molecule has 0 bridgehead atoms. The van der Waals surface area contributed by atoms with E-state index in [1.54, 1.807) is 5.56 Å². The van der Waals surface area contributed by atoms with Gasteiger partial charge < -0.3 is 0 Å². The van der Waals surface area contributed by atoms with Crippen molar-refractivity contribution in [2.24, 2.45) is 0 Å². The molecule has 0 aliphatic heterocycles. The first-order valence-corrected chi connectivity index (χ1v) is 6.40. The fraction of sp³-hybridized carbons (Fsp3) is 0.400. The molecule has 88 valence electrons. The molecule has 2 heteroatoms. The number of nitrogens with one attached hydrogen (secondary N) is 1. The molecule has 0 unspecified atom stereocenters. The average molecular weight is 226 g/mol. The van der Waals surface area contributed by atoms with E-state index in [0.29, 0.717) is 0 Å². The van der Waals surface area contributed by atoms with Gasteiger partial charge in [-0.2, -0.15) is 5.10 Å². The lowest BCUT2D eigenvalue weighted by molar-refractivity contribution is 0.687. The van der Waals surface area contributed by atoms with Crippen molar-refractivity contribution in [3.8, 4) is 11.1 Å². The van der Waals surface area contributed by atoms with E-state index in [2.05, 4.69) is 42.2 Å². The molecule has 2 nitrogen and oxygen atoms in total. The van der Waals surface area contributed by atoms with Crippen LogP contribution in [-0.2, 0) is 12.8 Å². The van der Waals surface area contributed by atoms with Gasteiger partial charge in [0.25, 0.3) is 0 Å². The lowest BCUT2D eigenvalue weighted by Gasteiger charge is -2.19. The number of rotatable bonds is 1. The first kappa shape index (κ1) is 10.6. The number of nitrogens with zero attached hydrogens (tertiary/aromatic N) is 1. The number of hydrogen-bond acceptors (Lipinski definition) is 1. The smallest absolute Gasteiger partial charge is 0.0672 e. The lowest BCUT2D eigenvalue weighted by atomic mass is 9.85. The molecule has 0 saturated carbocycles. The largest absolute Gasteiger partial charge is 0.282 e. The Bertz CT molecular complexity index is 533. The van der Waals surface area contributed by atoms with Gasteiger partial charge in [-0.05, 0) is 56.2 Å². The van der Waals surface area contributed by atoms with Crippen LogP contribution in [0.1, 0.15) is 35.4 Å². The summed E-state index contributed by atoms with van der Waals surface area (Å²) in [4.78, 5) is 0. The number of aromatic amines is 1. The second-order valence-corrected chi connectivity index (χ2v) is 4.96. The minimum absolute atomic E-state index is 1.11. The molecule has 1 aliphatic rings. The molecule has 1 N–H and O–H groups in total. The molecule has 0 spiro atoms. The summed E-state index contributed by atoms with van der Waals surface area (Å²) in [6.45, 7) is 4.19. The Kier molecular flexibility index (Phi) is 2.50. The Balaban J connectivity index is 2.21. The monoisotopic (exact) mass is 226 g/mol. The zero-order chi connectivity index (χ0) is 11.8. The minimum atomic E-state index is 1.11. The summed E-state index contributed by atoms with van der Waals surface area (Å²) in [5, 5.41) is 7.41. The van der Waals surface area contributed by atoms with Gasteiger partial charge in [-0.15, -0.1) is 0 Å². The average Bonchev–Trinajstić information content (AvgIpc) is 2.69. The second-order valence-electron chi connectivity index (χ2n) is 4.96. The molecule has 17 heavy (non-hydrogen) atoms. The minimum Gasteiger partial charge on any atom is -0.282 e. The Labute approximate surface area is 102 Å². The van der Waals surface area contributed by atoms with Crippen LogP contribution in [-0.4, -0.2) is 10.2 Å². The van der Waals surface area contributed by atoms with E-state index >= 15 is 0 Å². The van der Waals surface area contributed by atoms with Gasteiger partial charge in [0.15, 0.2) is 0 Å². The van der Waals surface area contributed by atoms with Crippen LogP contribution in [0.3, 0.4) is 0 Å². The maximum Gasteiger partial charge on any atom is 0.0672 e. The SMILES string of the molecule is Cc1n[nH]c(C)c1-c1cccc2c1CCCC2. The summed E-state index contributed by atoms with van der Waals surface area (Å²) < 4.78 is 0. The summed E-state index contributed by atoms with van der Waals surface area (Å²) >= 11 is 0. The van der Waals surface area contributed by atoms with Gasteiger partial charge >= 0.3 is 0 Å². The van der Waals surface area contributed by atoms with E-state index in [1.165, 1.54) is 48.1 Å². The number of fused-ring (bicyclic) bond motifs is 1. The van der Waals surface area contributed by atoms with Gasteiger partial charge in [0.1, 0.15) is 0 Å². The topological polar surface area (TPSA) is 28.7 Å². The second kappa shape index (κ2) is 4.02. The van der Waals surface area contributed by atoms with Crippen molar-refractivity contribution < 1.29 is 0 Å². The van der Waals surface area contributed by atoms with Crippen LogP contribution in [0, 0.1) is 13.8 Å². The normalized spacial score (nSPS) is 14.7. The zero-order valence-corrected chi connectivity index (χ0v) is 10.5. The number of aryl methyl sites for hydroxylation is 3. The van der Waals surface area contributed by atoms with Gasteiger partial charge in [0, 0.05) is 11.3 Å². The van der Waals surface area contributed by atoms with Crippen molar-refractivity contribution in [3.63, 3.8) is 0 Å². The van der Waals surface area contributed by atoms with Crippen LogP contribution in [0.5, 0.6) is 0 Å². The molecule has 2 aromatic rings. The molecule has 1 aromatic carbocycles. The molecular weight excluding hydrogens is 208 g/mol. The predicted molar refractivity (Wildman–Crippen MR) is 70.1 cm³/mol. The van der Waals surface area contributed by atoms with E-state index in [9.17, 15) is 0 Å². The van der Waals surface area contributed by atoms with E-state index in [-0.39, 0.29) is 0 Å². The highest BCUT2D eigenvalue weighted by molar-refractivity contribution is 5.73.